The lowest BCUT2D eigenvalue weighted by atomic mass is 10.1. The minimum Gasteiger partial charge on any atom is -0.467 e. The minimum atomic E-state index is -4.58. The molecule has 190 valence electrons. The summed E-state index contributed by atoms with van der Waals surface area (Å²) in [5, 5.41) is 1.11. The van der Waals surface area contributed by atoms with Crippen LogP contribution in [0.3, 0.4) is 0 Å². The van der Waals surface area contributed by atoms with Gasteiger partial charge < -0.3 is 13.7 Å². The monoisotopic (exact) mass is 545 g/mol. The van der Waals surface area contributed by atoms with Gasteiger partial charge in [-0.2, -0.15) is 13.2 Å². The van der Waals surface area contributed by atoms with E-state index in [4.69, 9.17) is 25.7 Å². The van der Waals surface area contributed by atoms with Gasteiger partial charge in [0, 0.05) is 11.1 Å². The molecule has 0 aliphatic rings. The molecule has 0 aliphatic heterocycles. The molecule has 0 amide bonds. The van der Waals surface area contributed by atoms with E-state index in [0.29, 0.717) is 33.9 Å². The van der Waals surface area contributed by atoms with Crippen molar-refractivity contribution >= 4 is 51.3 Å². The van der Waals surface area contributed by atoms with Crippen molar-refractivity contribution in [3.05, 3.63) is 88.5 Å². The third-order valence-electron chi connectivity index (χ3n) is 5.60. The van der Waals surface area contributed by atoms with Crippen molar-refractivity contribution in [1.29, 1.82) is 0 Å². The van der Waals surface area contributed by atoms with Crippen molar-refractivity contribution in [2.24, 2.45) is 0 Å². The number of benzene rings is 2. The maximum atomic E-state index is 13.1. The number of aromatic nitrogens is 3. The molecule has 0 fully saturated rings. The Kier molecular flexibility index (Phi) is 6.87. The van der Waals surface area contributed by atoms with Crippen LogP contribution in [0.4, 0.5) is 13.2 Å². The molecule has 0 radical (unpaired) electrons. The van der Waals surface area contributed by atoms with Crippen molar-refractivity contribution in [3.63, 3.8) is 0 Å². The topological polar surface area (TPSA) is 70.2 Å². The van der Waals surface area contributed by atoms with Crippen molar-refractivity contribution in [2.45, 2.75) is 30.6 Å². The number of furan rings is 1. The molecule has 0 saturated carbocycles. The van der Waals surface area contributed by atoms with E-state index in [1.54, 1.807) is 43.5 Å². The molecule has 3 aromatic heterocycles. The Labute approximate surface area is 218 Å². The van der Waals surface area contributed by atoms with Gasteiger partial charge in [-0.05, 0) is 61.0 Å². The number of carbonyl (C=O) groups is 1. The van der Waals surface area contributed by atoms with Gasteiger partial charge >= 0.3 is 12.1 Å². The molecular weight excluding hydrogens is 527 g/mol. The summed E-state index contributed by atoms with van der Waals surface area (Å²) >= 11 is 7.61. The van der Waals surface area contributed by atoms with Crippen LogP contribution in [0.2, 0.25) is 5.02 Å². The van der Waals surface area contributed by atoms with E-state index in [1.807, 2.05) is 16.7 Å². The van der Waals surface area contributed by atoms with E-state index in [0.717, 1.165) is 22.9 Å². The van der Waals surface area contributed by atoms with Crippen molar-refractivity contribution in [3.8, 4) is 0 Å². The van der Waals surface area contributed by atoms with Crippen LogP contribution in [0.5, 0.6) is 0 Å². The number of esters is 1. The first kappa shape index (κ1) is 25.2. The van der Waals surface area contributed by atoms with Crippen LogP contribution in [0, 0.1) is 0 Å². The highest BCUT2D eigenvalue weighted by Crippen LogP contribution is 2.34. The Balaban J connectivity index is 1.46. The van der Waals surface area contributed by atoms with Gasteiger partial charge in [-0.25, -0.2) is 14.8 Å². The largest absolute Gasteiger partial charge is 0.467 e. The average Bonchev–Trinajstić information content (AvgIpc) is 3.50. The lowest BCUT2D eigenvalue weighted by Gasteiger charge is -2.10. The Morgan fingerprint density at radius 2 is 1.95 bits per heavy atom. The van der Waals surface area contributed by atoms with E-state index in [1.165, 1.54) is 17.8 Å². The van der Waals surface area contributed by atoms with Gasteiger partial charge in [0.1, 0.15) is 11.5 Å². The third kappa shape index (κ3) is 5.30. The summed E-state index contributed by atoms with van der Waals surface area (Å²) in [5.41, 5.74) is 1.83. The molecule has 6 nitrogen and oxygen atoms in total. The first-order valence-corrected chi connectivity index (χ1v) is 12.6. The van der Waals surface area contributed by atoms with Crippen LogP contribution >= 0.6 is 23.4 Å². The van der Waals surface area contributed by atoms with E-state index in [-0.39, 0.29) is 17.1 Å². The summed E-state index contributed by atoms with van der Waals surface area (Å²) in [4.78, 5) is 20.7. The van der Waals surface area contributed by atoms with E-state index < -0.39 is 17.8 Å². The van der Waals surface area contributed by atoms with Crippen molar-refractivity contribution in [2.75, 3.05) is 6.61 Å². The van der Waals surface area contributed by atoms with Crippen LogP contribution in [0.25, 0.3) is 21.9 Å². The lowest BCUT2D eigenvalue weighted by Crippen LogP contribution is -2.08. The molecule has 2 aromatic carbocycles. The number of pyridine rings is 1. The number of thioether (sulfide) groups is 1. The number of hydrogen-bond acceptors (Lipinski definition) is 6. The van der Waals surface area contributed by atoms with Crippen LogP contribution in [0.1, 0.15) is 34.3 Å². The summed E-state index contributed by atoms with van der Waals surface area (Å²) in [6, 6.07) is 14.7. The zero-order valence-electron chi connectivity index (χ0n) is 19.4. The molecule has 37 heavy (non-hydrogen) atoms. The molecule has 11 heteroatoms. The Hall–Kier alpha value is -3.50. The number of rotatable bonds is 7. The maximum absolute atomic E-state index is 13.1. The van der Waals surface area contributed by atoms with Crippen LogP contribution < -0.4 is 0 Å². The van der Waals surface area contributed by atoms with Crippen molar-refractivity contribution in [1.82, 2.24) is 14.5 Å². The van der Waals surface area contributed by atoms with Gasteiger partial charge in [-0.15, -0.1) is 0 Å². The molecule has 5 rings (SSSR count). The number of carbonyl (C=O) groups excluding carboxylic acids is 1. The number of fused-ring (bicyclic) bond motifs is 2. The molecule has 0 bridgehead atoms. The van der Waals surface area contributed by atoms with Gasteiger partial charge in [-0.3, -0.25) is 0 Å². The second kappa shape index (κ2) is 10.1. The number of hydrogen-bond donors (Lipinski definition) is 0. The quantitative estimate of drug-likeness (QED) is 0.157. The van der Waals surface area contributed by atoms with Crippen LogP contribution in [-0.4, -0.2) is 27.1 Å². The second-order valence-corrected chi connectivity index (χ2v) is 9.46. The Morgan fingerprint density at radius 1 is 1.11 bits per heavy atom. The molecule has 3 heterocycles. The zero-order valence-corrected chi connectivity index (χ0v) is 21.0. The first-order valence-electron chi connectivity index (χ1n) is 11.2. The standard InChI is InChI=1S/C26H19ClF3N3O3S/c1-2-35-24(34)16-6-8-22-21(11-16)32-25(33(22)13-17-4-3-9-36-17)37-14-15-5-7-20-18(10-15)19(27)12-23(31-20)26(28,29)30/h3-12H,2,13-14H2,1H3. The number of nitrogens with zero attached hydrogens (tertiary/aromatic N) is 3. The average molecular weight is 546 g/mol. The maximum Gasteiger partial charge on any atom is 0.433 e. The highest BCUT2D eigenvalue weighted by atomic mass is 35.5. The predicted molar refractivity (Wildman–Crippen MR) is 135 cm³/mol. The number of ether oxygens (including phenoxy) is 1. The molecule has 0 atom stereocenters. The fraction of sp³-hybridized carbons (Fsp3) is 0.192. The number of halogens is 4. The summed E-state index contributed by atoms with van der Waals surface area (Å²) in [6.45, 7) is 2.44. The minimum absolute atomic E-state index is 0.0132. The molecule has 5 aromatic rings. The zero-order chi connectivity index (χ0) is 26.2. The first-order chi connectivity index (χ1) is 17.7. The van der Waals surface area contributed by atoms with Gasteiger partial charge in [0.05, 0.1) is 46.6 Å². The number of imidazole rings is 1. The van der Waals surface area contributed by atoms with Gasteiger partial charge in [-0.1, -0.05) is 29.4 Å². The van der Waals surface area contributed by atoms with E-state index in [9.17, 15) is 18.0 Å². The molecular formula is C26H19ClF3N3O3S. The summed E-state index contributed by atoms with van der Waals surface area (Å²) in [6.07, 6.45) is -2.98. The fourth-order valence-corrected chi connectivity index (χ4v) is 5.10. The predicted octanol–water partition coefficient (Wildman–Crippen LogP) is 7.37. The van der Waals surface area contributed by atoms with Crippen LogP contribution in [-0.2, 0) is 23.2 Å². The van der Waals surface area contributed by atoms with Crippen LogP contribution in [0.15, 0.2) is 70.4 Å². The number of alkyl halides is 3. The summed E-state index contributed by atoms with van der Waals surface area (Å²) in [7, 11) is 0. The summed E-state index contributed by atoms with van der Waals surface area (Å²) < 4.78 is 51.9. The fourth-order valence-electron chi connectivity index (χ4n) is 3.89. The smallest absolute Gasteiger partial charge is 0.433 e. The van der Waals surface area contributed by atoms with E-state index >= 15 is 0 Å². The molecule has 0 N–H and O–H groups in total. The highest BCUT2D eigenvalue weighted by molar-refractivity contribution is 7.98. The third-order valence-corrected chi connectivity index (χ3v) is 6.96. The Bertz CT molecular complexity index is 1600. The van der Waals surface area contributed by atoms with Gasteiger partial charge in [0.2, 0.25) is 0 Å². The van der Waals surface area contributed by atoms with E-state index in [2.05, 4.69) is 4.98 Å². The molecule has 0 unspecified atom stereocenters. The second-order valence-electron chi connectivity index (χ2n) is 8.11. The molecule has 0 saturated heterocycles. The highest BCUT2D eigenvalue weighted by Gasteiger charge is 2.33. The van der Waals surface area contributed by atoms with Crippen molar-refractivity contribution < 1.29 is 27.1 Å². The lowest BCUT2D eigenvalue weighted by molar-refractivity contribution is -0.140. The summed E-state index contributed by atoms with van der Waals surface area (Å²) in [5.74, 6) is 0.786. The van der Waals surface area contributed by atoms with Gasteiger partial charge in [0.25, 0.3) is 0 Å². The Morgan fingerprint density at radius 3 is 2.68 bits per heavy atom. The SMILES string of the molecule is CCOC(=O)c1ccc2c(c1)nc(SCc1ccc3nc(C(F)(F)F)cc(Cl)c3c1)n2Cc1ccco1. The normalized spacial score (nSPS) is 11.9. The molecule has 0 spiro atoms. The van der Waals surface area contributed by atoms with Gasteiger partial charge in [0.15, 0.2) is 5.16 Å². The molecule has 0 aliphatic carbocycles.